The molecule has 8 nitrogen and oxygen atoms in total. The second-order valence-electron chi connectivity index (χ2n) is 5.36. The van der Waals surface area contributed by atoms with E-state index in [0.717, 1.165) is 5.82 Å². The number of anilines is 2. The van der Waals surface area contributed by atoms with Crippen LogP contribution in [0.25, 0.3) is 0 Å². The largest absolute Gasteiger partial charge is 0.457 e. The Kier molecular flexibility index (Phi) is 5.00. The minimum atomic E-state index is -0.205. The molecule has 0 aromatic carbocycles. The van der Waals surface area contributed by atoms with Gasteiger partial charge in [0, 0.05) is 33.4 Å². The third kappa shape index (κ3) is 3.36. The number of carbonyl (C=O) groups is 1. The first kappa shape index (κ1) is 16.7. The van der Waals surface area contributed by atoms with Gasteiger partial charge in [0.25, 0.3) is 5.91 Å². The van der Waals surface area contributed by atoms with Gasteiger partial charge in [0.15, 0.2) is 4.67 Å². The third-order valence-electron chi connectivity index (χ3n) is 3.94. The highest BCUT2D eigenvalue weighted by Crippen LogP contribution is 2.22. The molecule has 0 radical (unpaired) electrons. The number of halogens is 1. The minimum Gasteiger partial charge on any atom is -0.457 e. The Morgan fingerprint density at radius 3 is 2.96 bits per heavy atom. The molecule has 2 atom stereocenters. The van der Waals surface area contributed by atoms with Crippen molar-refractivity contribution in [3.8, 4) is 0 Å². The van der Waals surface area contributed by atoms with Gasteiger partial charge in [-0.2, -0.15) is 4.98 Å². The number of hydrogen-bond donors (Lipinski definition) is 2. The number of rotatable bonds is 5. The Balaban J connectivity index is 1.72. The number of nitrogens with zero attached hydrogens (tertiary/aromatic N) is 3. The first-order valence-electron chi connectivity index (χ1n) is 7.44. The van der Waals surface area contributed by atoms with E-state index in [2.05, 4.69) is 41.4 Å². The van der Waals surface area contributed by atoms with E-state index in [1.165, 1.54) is 6.26 Å². The van der Waals surface area contributed by atoms with E-state index in [-0.39, 0.29) is 18.1 Å². The van der Waals surface area contributed by atoms with Gasteiger partial charge in [0.1, 0.15) is 5.82 Å². The predicted octanol–water partition coefficient (Wildman–Crippen LogP) is 1.51. The fourth-order valence-electron chi connectivity index (χ4n) is 2.69. The number of hydrogen-bond acceptors (Lipinski definition) is 7. The zero-order valence-electron chi connectivity index (χ0n) is 13.3. The van der Waals surface area contributed by atoms with Gasteiger partial charge in [0.2, 0.25) is 5.95 Å². The summed E-state index contributed by atoms with van der Waals surface area (Å²) in [6.45, 7) is 1.23. The summed E-state index contributed by atoms with van der Waals surface area (Å²) < 4.78 is 11.1. The van der Waals surface area contributed by atoms with E-state index in [1.807, 2.05) is 6.07 Å². The highest BCUT2D eigenvalue weighted by atomic mass is 79.9. The molecule has 9 heteroatoms. The van der Waals surface area contributed by atoms with Gasteiger partial charge in [-0.05, 0) is 28.1 Å². The van der Waals surface area contributed by atoms with Crippen LogP contribution in [0.3, 0.4) is 0 Å². The average Bonchev–Trinajstić information content (AvgIpc) is 3.21. The molecule has 3 heterocycles. The predicted molar refractivity (Wildman–Crippen MR) is 92.3 cm³/mol. The van der Waals surface area contributed by atoms with E-state index in [1.54, 1.807) is 26.4 Å². The normalized spacial score (nSPS) is 20.2. The van der Waals surface area contributed by atoms with Crippen LogP contribution >= 0.6 is 15.9 Å². The summed E-state index contributed by atoms with van der Waals surface area (Å²) in [5.74, 6) is 1.14. The molecule has 0 aliphatic carbocycles. The molecule has 2 aromatic heterocycles. The molecule has 2 N–H and O–H groups in total. The van der Waals surface area contributed by atoms with Crippen LogP contribution < -0.4 is 15.5 Å². The lowest BCUT2D eigenvalue weighted by Gasteiger charge is -2.18. The molecule has 1 fully saturated rings. The zero-order valence-corrected chi connectivity index (χ0v) is 14.9. The maximum atomic E-state index is 12.4. The summed E-state index contributed by atoms with van der Waals surface area (Å²) in [6, 6.07) is 3.31. The maximum Gasteiger partial charge on any atom is 0.256 e. The van der Waals surface area contributed by atoms with Crippen molar-refractivity contribution in [1.29, 1.82) is 0 Å². The molecule has 1 aliphatic heterocycles. The van der Waals surface area contributed by atoms with Gasteiger partial charge in [-0.1, -0.05) is 0 Å². The standard InChI is InChI=1S/C15H18BrN5O3/c1-17-15-18-5-3-12(20-15)21-7-10(11(8-21)23-2)19-14(22)9-4-6-24-13(9)16/h3-6,10-11H,7-8H2,1-2H3,(H,19,22)(H,17,18,20)/t10-,11+/m1/s1. The highest BCUT2D eigenvalue weighted by molar-refractivity contribution is 9.10. The molecule has 0 saturated carbocycles. The van der Waals surface area contributed by atoms with Crippen molar-refractivity contribution < 1.29 is 13.9 Å². The van der Waals surface area contributed by atoms with Crippen LogP contribution in [0.4, 0.5) is 11.8 Å². The monoisotopic (exact) mass is 395 g/mol. The molecular formula is C15H18BrN5O3. The number of methoxy groups -OCH3 is 1. The van der Waals surface area contributed by atoms with Crippen LogP contribution in [0.2, 0.25) is 0 Å². The Morgan fingerprint density at radius 1 is 1.46 bits per heavy atom. The quantitative estimate of drug-likeness (QED) is 0.792. The minimum absolute atomic E-state index is 0.132. The lowest BCUT2D eigenvalue weighted by molar-refractivity contribution is 0.0780. The maximum absolute atomic E-state index is 12.4. The number of amides is 1. The van der Waals surface area contributed by atoms with Crippen LogP contribution in [0.5, 0.6) is 0 Å². The fourth-order valence-corrected chi connectivity index (χ4v) is 3.11. The van der Waals surface area contributed by atoms with Crippen molar-refractivity contribution in [2.75, 3.05) is 37.5 Å². The van der Waals surface area contributed by atoms with Crippen molar-refractivity contribution in [3.05, 3.63) is 34.8 Å². The van der Waals surface area contributed by atoms with Crippen LogP contribution in [0, 0.1) is 0 Å². The van der Waals surface area contributed by atoms with E-state index < -0.39 is 0 Å². The van der Waals surface area contributed by atoms with Gasteiger partial charge in [-0.3, -0.25) is 4.79 Å². The molecule has 1 aliphatic rings. The molecule has 2 aromatic rings. The molecule has 128 valence electrons. The zero-order chi connectivity index (χ0) is 17.1. The van der Waals surface area contributed by atoms with Crippen molar-refractivity contribution in [3.63, 3.8) is 0 Å². The van der Waals surface area contributed by atoms with E-state index in [4.69, 9.17) is 9.15 Å². The summed E-state index contributed by atoms with van der Waals surface area (Å²) in [5, 5.41) is 5.92. The molecule has 1 saturated heterocycles. The summed E-state index contributed by atoms with van der Waals surface area (Å²) in [6.07, 6.45) is 3.03. The summed E-state index contributed by atoms with van der Waals surface area (Å²) in [7, 11) is 3.41. The van der Waals surface area contributed by atoms with Crippen molar-refractivity contribution in [2.45, 2.75) is 12.1 Å². The summed E-state index contributed by atoms with van der Waals surface area (Å²) in [4.78, 5) is 23.0. The van der Waals surface area contributed by atoms with Crippen LogP contribution in [0.15, 0.2) is 33.7 Å². The molecular weight excluding hydrogens is 378 g/mol. The number of aromatic nitrogens is 2. The lowest BCUT2D eigenvalue weighted by Crippen LogP contribution is -2.43. The number of nitrogens with one attached hydrogen (secondary N) is 2. The van der Waals surface area contributed by atoms with Gasteiger partial charge in [0.05, 0.1) is 24.0 Å². The molecule has 0 unspecified atom stereocenters. The van der Waals surface area contributed by atoms with Crippen LogP contribution in [0.1, 0.15) is 10.4 Å². The fraction of sp³-hybridized carbons (Fsp3) is 0.400. The van der Waals surface area contributed by atoms with E-state index in [0.29, 0.717) is 29.3 Å². The van der Waals surface area contributed by atoms with Crippen LogP contribution in [-0.4, -0.2) is 55.3 Å². The number of ether oxygens (including phenoxy) is 1. The Labute approximate surface area is 147 Å². The van der Waals surface area contributed by atoms with Crippen molar-refractivity contribution in [1.82, 2.24) is 15.3 Å². The number of carbonyl (C=O) groups excluding carboxylic acids is 1. The second kappa shape index (κ2) is 7.18. The molecule has 0 spiro atoms. The summed E-state index contributed by atoms with van der Waals surface area (Å²) >= 11 is 3.22. The topological polar surface area (TPSA) is 92.5 Å². The SMILES string of the molecule is CNc1nccc(N2C[C@H](OC)[C@H](NC(=O)c3ccoc3Br)C2)n1. The number of furan rings is 1. The molecule has 3 rings (SSSR count). The van der Waals surface area contributed by atoms with Crippen LogP contribution in [-0.2, 0) is 4.74 Å². The van der Waals surface area contributed by atoms with Crippen molar-refractivity contribution in [2.24, 2.45) is 0 Å². The average molecular weight is 396 g/mol. The summed E-state index contributed by atoms with van der Waals surface area (Å²) in [5.41, 5.74) is 0.461. The van der Waals surface area contributed by atoms with E-state index in [9.17, 15) is 4.79 Å². The van der Waals surface area contributed by atoms with Gasteiger partial charge in [-0.25, -0.2) is 4.98 Å². The third-order valence-corrected chi connectivity index (χ3v) is 4.55. The van der Waals surface area contributed by atoms with E-state index >= 15 is 0 Å². The lowest BCUT2D eigenvalue weighted by atomic mass is 10.2. The second-order valence-corrected chi connectivity index (χ2v) is 6.08. The Hall–Kier alpha value is -2.13. The Morgan fingerprint density at radius 2 is 2.29 bits per heavy atom. The first-order chi connectivity index (χ1) is 11.6. The molecule has 0 bridgehead atoms. The van der Waals surface area contributed by atoms with Gasteiger partial charge in [-0.15, -0.1) is 0 Å². The molecule has 24 heavy (non-hydrogen) atoms. The van der Waals surface area contributed by atoms with Crippen molar-refractivity contribution >= 4 is 33.6 Å². The van der Waals surface area contributed by atoms with Gasteiger partial charge < -0.3 is 24.7 Å². The van der Waals surface area contributed by atoms with Gasteiger partial charge >= 0.3 is 0 Å². The Bertz CT molecular complexity index is 723. The highest BCUT2D eigenvalue weighted by Gasteiger charge is 2.35. The molecule has 1 amide bonds. The smallest absolute Gasteiger partial charge is 0.256 e. The first-order valence-corrected chi connectivity index (χ1v) is 8.24.